The van der Waals surface area contributed by atoms with Gasteiger partial charge in [-0.1, -0.05) is 19.3 Å². The van der Waals surface area contributed by atoms with E-state index in [4.69, 9.17) is 39.8 Å². The Morgan fingerprint density at radius 1 is 0.379 bits per heavy atom. The summed E-state index contributed by atoms with van der Waals surface area (Å²) >= 11 is 0. The van der Waals surface area contributed by atoms with Crippen LogP contribution in [0.5, 0.6) is 0 Å². The molecule has 66 heavy (non-hydrogen) atoms. The molecule has 0 radical (unpaired) electrons. The molecule has 0 heterocycles. The molecule has 6 fully saturated rings. The summed E-state index contributed by atoms with van der Waals surface area (Å²) in [6.45, 7) is 24.2. The first-order valence-electron chi connectivity index (χ1n) is 25.3. The molecule has 0 saturated heterocycles. The second kappa shape index (κ2) is 31.0. The van der Waals surface area contributed by atoms with Crippen molar-refractivity contribution in [3.63, 3.8) is 0 Å². The summed E-state index contributed by atoms with van der Waals surface area (Å²) in [5.41, 5.74) is 0. The molecule has 0 aromatic carbocycles. The summed E-state index contributed by atoms with van der Waals surface area (Å²) in [5.74, 6) is 8.14. The third-order valence-electron chi connectivity index (χ3n) is 14.0. The fourth-order valence-corrected chi connectivity index (χ4v) is 75.6. The first-order valence-corrected chi connectivity index (χ1v) is 49.6. The topological polar surface area (TPSA) is 83.1 Å². The summed E-state index contributed by atoms with van der Waals surface area (Å²) in [7, 11) is 8.46. The Kier molecular flexibility index (Phi) is 28.1. The van der Waals surface area contributed by atoms with Gasteiger partial charge in [-0.15, -0.1) is 0 Å². The largest absolute Gasteiger partial charge is 0.585 e. The van der Waals surface area contributed by atoms with Crippen molar-refractivity contribution in [2.75, 3.05) is 71.0 Å². The molecule has 6 rings (SSSR count). The van der Waals surface area contributed by atoms with Gasteiger partial charge in [0.1, 0.15) is 0 Å². The van der Waals surface area contributed by atoms with Crippen LogP contribution >= 0.6 is 119 Å². The third-order valence-corrected chi connectivity index (χ3v) is 65.1. The van der Waals surface area contributed by atoms with Crippen LogP contribution in [0.3, 0.4) is 0 Å². The summed E-state index contributed by atoms with van der Waals surface area (Å²) in [5, 5.41) is 3.18. The highest BCUT2D eigenvalue weighted by Crippen LogP contribution is 2.73. The molecule has 0 aromatic rings. The van der Waals surface area contributed by atoms with Crippen LogP contribution in [0.2, 0.25) is 0 Å². The number of hydrogen-bond donors (Lipinski definition) is 3. The SMILES string of the molecule is CCO[Si](OCC)(OCC)SSS[SH](CC(C[SH](SSS[Si](OCC)(OCC)OCC)C1CC2CCC1C2)[SH](SSS[Si](OCC)(OCC)OCC)C1CC2CCC1C2)C1CC2CCC1C2. The Bertz CT molecular complexity index is 1270. The van der Waals surface area contributed by atoms with Gasteiger partial charge in [0.2, 0.25) is 0 Å². The maximum absolute atomic E-state index is 6.46. The highest BCUT2D eigenvalue weighted by molar-refractivity contribution is 9.33. The van der Waals surface area contributed by atoms with Crippen LogP contribution in [0.1, 0.15) is 139 Å². The molecule has 0 aromatic heterocycles. The lowest BCUT2D eigenvalue weighted by atomic mass is 10.0. The molecule has 6 saturated carbocycles. The summed E-state index contributed by atoms with van der Waals surface area (Å²) in [6.07, 6.45) is 17.3. The van der Waals surface area contributed by atoms with Gasteiger partial charge in [0, 0.05) is 64.7 Å². The van der Waals surface area contributed by atoms with Crippen LogP contribution in [0, 0.1) is 35.5 Å². The van der Waals surface area contributed by atoms with Crippen molar-refractivity contribution in [1.29, 1.82) is 0 Å². The molecule has 0 amide bonds. The molecule has 392 valence electrons. The van der Waals surface area contributed by atoms with Crippen molar-refractivity contribution in [1.82, 2.24) is 0 Å². The fraction of sp³-hybridized carbons (Fsp3) is 1.00. The highest BCUT2D eigenvalue weighted by Gasteiger charge is 2.51. The molecule has 0 aliphatic heterocycles. The first kappa shape index (κ1) is 59.7. The highest BCUT2D eigenvalue weighted by atomic mass is 33.7. The lowest BCUT2D eigenvalue weighted by molar-refractivity contribution is 0.0963. The van der Waals surface area contributed by atoms with Gasteiger partial charge >= 0.3 is 23.9 Å². The lowest BCUT2D eigenvalue weighted by Crippen LogP contribution is -2.42. The van der Waals surface area contributed by atoms with Crippen LogP contribution in [0.15, 0.2) is 0 Å². The van der Waals surface area contributed by atoms with E-state index in [9.17, 15) is 0 Å². The van der Waals surface area contributed by atoms with Crippen molar-refractivity contribution < 1.29 is 39.8 Å². The molecular formula is C42H86O9S12Si3. The Morgan fingerprint density at radius 2 is 0.667 bits per heavy atom. The predicted octanol–water partition coefficient (Wildman–Crippen LogP) is 15.4. The van der Waals surface area contributed by atoms with Crippen LogP contribution < -0.4 is 0 Å². The molecule has 6 aliphatic carbocycles. The normalized spacial score (nSPS) is 31.0. The Balaban J connectivity index is 1.35. The first-order chi connectivity index (χ1) is 32.1. The smallest absolute Gasteiger partial charge is 0.365 e. The minimum Gasteiger partial charge on any atom is -0.365 e. The number of rotatable bonds is 38. The quantitative estimate of drug-likeness (QED) is 0.0311. The van der Waals surface area contributed by atoms with Crippen LogP contribution in [0.4, 0.5) is 0 Å². The lowest BCUT2D eigenvalue weighted by Gasteiger charge is -2.45. The predicted molar refractivity (Wildman–Crippen MR) is 318 cm³/mol. The van der Waals surface area contributed by atoms with E-state index in [0.29, 0.717) is 64.7 Å². The van der Waals surface area contributed by atoms with Crippen molar-refractivity contribution in [3.05, 3.63) is 0 Å². The molecule has 9 nitrogen and oxygen atoms in total. The number of hydrogen-bond acceptors (Lipinski definition) is 18. The molecule has 24 heteroatoms. The van der Waals surface area contributed by atoms with E-state index in [1.807, 2.05) is 39.7 Å². The maximum atomic E-state index is 6.46. The second-order valence-electron chi connectivity index (χ2n) is 18.0. The number of thiol groups is 3. The Morgan fingerprint density at radius 3 is 0.924 bits per heavy atom. The molecular weight excluding hydrogens is 1120 g/mol. The van der Waals surface area contributed by atoms with Gasteiger partial charge in [-0.2, -0.15) is 29.8 Å². The van der Waals surface area contributed by atoms with Gasteiger partial charge in [0.15, 0.2) is 0 Å². The zero-order chi connectivity index (χ0) is 47.0. The number of fused-ring (bicyclic) bond motifs is 6. The monoisotopic (exact) mass is 1200 g/mol. The van der Waals surface area contributed by atoms with E-state index >= 15 is 0 Å². The maximum Gasteiger partial charge on any atom is 0.585 e. The van der Waals surface area contributed by atoms with Crippen LogP contribution in [0.25, 0.3) is 0 Å². The van der Waals surface area contributed by atoms with Crippen LogP contribution in [-0.4, -0.2) is 116 Å². The van der Waals surface area contributed by atoms with Crippen molar-refractivity contribution in [2.45, 2.75) is 160 Å². The summed E-state index contributed by atoms with van der Waals surface area (Å²) in [4.78, 5) is 0. The zero-order valence-electron chi connectivity index (χ0n) is 41.2. The van der Waals surface area contributed by atoms with E-state index in [-0.39, 0.29) is 29.8 Å². The van der Waals surface area contributed by atoms with Gasteiger partial charge in [-0.05, 0) is 273 Å². The van der Waals surface area contributed by atoms with Gasteiger partial charge in [-0.3, -0.25) is 0 Å². The average molecular weight is 1200 g/mol. The molecule has 12 unspecified atom stereocenters. The van der Waals surface area contributed by atoms with Crippen molar-refractivity contribution in [2.24, 2.45) is 35.5 Å². The van der Waals surface area contributed by atoms with Gasteiger partial charge in [-0.25, -0.2) is 0 Å². The van der Waals surface area contributed by atoms with Crippen molar-refractivity contribution >= 4 is 143 Å². The minimum absolute atomic E-state index is 0.329. The Labute approximate surface area is 445 Å². The third kappa shape index (κ3) is 16.7. The molecule has 6 bridgehead atoms. The fourth-order valence-electron chi connectivity index (χ4n) is 11.6. The molecule has 0 spiro atoms. The Hall–Kier alpha value is 4.49. The van der Waals surface area contributed by atoms with E-state index in [0.717, 1.165) is 51.3 Å². The molecule has 0 N–H and O–H groups in total. The van der Waals surface area contributed by atoms with Gasteiger partial charge in [0.05, 0.1) is 0 Å². The zero-order valence-corrected chi connectivity index (χ0v) is 54.3. The van der Waals surface area contributed by atoms with E-state index in [1.165, 1.54) is 88.6 Å². The standard InChI is InChI=1S/C42H86O9S12Si3/c1-10-43-64(44-11-2,45-12-3)58-52-55-61(40-28-33-19-22-36(40)25-33)31-39(63(42-30-35-21-24-38(42)27-35)57-54-60-66(49-16-7,50-17-8)51-18-9)32-62(41-29-34-20-23-37(41)26-34)56-53-59-65(46-13-4,47-14-5)48-15-6/h33-42,61-63H,10-32H2,1-9H3. The second-order valence-corrected chi connectivity index (χ2v) is 55.7. The van der Waals surface area contributed by atoms with E-state index < -0.39 is 23.9 Å². The average Bonchev–Trinajstić information content (AvgIpc) is 4.18. The molecule has 6 aliphatic rings. The molecule has 12 atom stereocenters. The summed E-state index contributed by atoms with van der Waals surface area (Å²) in [6, 6.07) is 0. The van der Waals surface area contributed by atoms with E-state index in [1.54, 1.807) is 20.5 Å². The minimum atomic E-state index is -2.90. The van der Waals surface area contributed by atoms with Gasteiger partial charge in [0.25, 0.3) is 0 Å². The van der Waals surface area contributed by atoms with Crippen LogP contribution in [-0.2, 0) is 39.8 Å². The summed E-state index contributed by atoms with van der Waals surface area (Å²) < 4.78 is 57.9. The van der Waals surface area contributed by atoms with Gasteiger partial charge < -0.3 is 39.8 Å². The van der Waals surface area contributed by atoms with E-state index in [2.05, 4.69) is 91.8 Å². The van der Waals surface area contributed by atoms with Crippen molar-refractivity contribution in [3.8, 4) is 0 Å².